The first kappa shape index (κ1) is 21.2. The summed E-state index contributed by atoms with van der Waals surface area (Å²) in [5.41, 5.74) is 0. The smallest absolute Gasteiger partial charge is 0 e. The van der Waals surface area contributed by atoms with E-state index in [-0.39, 0.29) is 49.0 Å². The molecule has 0 aromatic carbocycles. The van der Waals surface area contributed by atoms with Crippen molar-refractivity contribution in [2.45, 2.75) is 24.4 Å². The van der Waals surface area contributed by atoms with Crippen molar-refractivity contribution in [3.63, 3.8) is 0 Å². The quantitative estimate of drug-likeness (QED) is 0.283. The van der Waals surface area contributed by atoms with Crippen molar-refractivity contribution >= 4 is 35.5 Å². The average molecular weight is 321 g/mol. The fraction of sp³-hybridized carbons (Fsp3) is 0.833. The van der Waals surface area contributed by atoms with Gasteiger partial charge in [-0.3, -0.25) is 0 Å². The van der Waals surface area contributed by atoms with Gasteiger partial charge >= 0.3 is 35.5 Å². The molecule has 0 spiro atoms. The number of carboxylic acid groups (broad SMARTS) is 1. The van der Waals surface area contributed by atoms with Gasteiger partial charge in [0, 0.05) is 19.5 Å². The maximum Gasteiger partial charge on any atom is 0 e. The van der Waals surface area contributed by atoms with Gasteiger partial charge in [0.05, 0.1) is 6.61 Å². The third kappa shape index (κ3) is 6.94. The molecule has 0 radical (unpaired) electrons. The second-order valence-electron chi connectivity index (χ2n) is 2.51. The minimum Gasteiger partial charge on any atom is 0 e. The van der Waals surface area contributed by atoms with Crippen LogP contribution in [0.5, 0.6) is 0 Å². The van der Waals surface area contributed by atoms with E-state index in [0.717, 1.165) is 0 Å². The van der Waals surface area contributed by atoms with E-state index in [4.69, 9.17) is 30.6 Å². The summed E-state index contributed by atoms with van der Waals surface area (Å²) in [4.78, 5) is 10.1. The Morgan fingerprint density at radius 3 is 1.73 bits per heavy atom. The molecule has 0 bridgehead atoms. The van der Waals surface area contributed by atoms with Gasteiger partial charge in [0.1, 0.15) is 18.3 Å². The van der Waals surface area contributed by atoms with Crippen molar-refractivity contribution in [1.29, 1.82) is 0 Å². The Morgan fingerprint density at radius 1 is 1.07 bits per heavy atom. The van der Waals surface area contributed by atoms with Gasteiger partial charge in [-0.2, -0.15) is 0 Å². The zero-order chi connectivity index (χ0) is 10.6. The monoisotopic (exact) mass is 322 g/mol. The fourth-order valence-electron chi connectivity index (χ4n) is 0.668. The Balaban J connectivity index is -0.000000720. The third-order valence-corrected chi connectivity index (χ3v) is 1.51. The average Bonchev–Trinajstić information content (AvgIpc) is 2.12. The van der Waals surface area contributed by atoms with E-state index < -0.39 is 37.0 Å². The van der Waals surface area contributed by atoms with E-state index in [0.29, 0.717) is 0 Å². The molecule has 0 saturated carbocycles. The number of carbonyl (C=O) groups is 1. The SMILES string of the molecule is O=C(O)[C@H](O)[C@@H](O)[C@H](O)[C@H](O)CO.[NaH].[Ru]. The largest absolute Gasteiger partial charge is 0 e. The Kier molecular flexibility index (Phi) is 14.2. The van der Waals surface area contributed by atoms with Crippen LogP contribution in [0.1, 0.15) is 0 Å². The minimum absolute atomic E-state index is 0. The maximum atomic E-state index is 10.1. The number of hydrogen-bond donors (Lipinski definition) is 6. The number of rotatable bonds is 5. The molecule has 15 heavy (non-hydrogen) atoms. The predicted molar refractivity (Wildman–Crippen MR) is 45.9 cm³/mol. The van der Waals surface area contributed by atoms with Crippen molar-refractivity contribution in [1.82, 2.24) is 0 Å². The van der Waals surface area contributed by atoms with Crippen LogP contribution in [0, 0.1) is 0 Å². The molecule has 0 amide bonds. The molecule has 0 aromatic heterocycles. The van der Waals surface area contributed by atoms with Crippen molar-refractivity contribution in [3.05, 3.63) is 0 Å². The molecule has 0 rings (SSSR count). The molecular weight excluding hydrogens is 308 g/mol. The Bertz CT molecular complexity index is 181. The Hall–Kier alpha value is 0.893. The molecule has 0 aliphatic rings. The van der Waals surface area contributed by atoms with Gasteiger partial charge in [-0.1, -0.05) is 0 Å². The molecular formula is C6H13NaO7Ru. The number of hydrogen-bond acceptors (Lipinski definition) is 6. The van der Waals surface area contributed by atoms with E-state index in [1.165, 1.54) is 0 Å². The number of aliphatic hydroxyl groups is 5. The van der Waals surface area contributed by atoms with Crippen molar-refractivity contribution < 1.29 is 54.9 Å². The molecule has 0 aromatic rings. The van der Waals surface area contributed by atoms with Gasteiger partial charge in [0.25, 0.3) is 0 Å². The summed E-state index contributed by atoms with van der Waals surface area (Å²) < 4.78 is 0. The van der Waals surface area contributed by atoms with Crippen molar-refractivity contribution in [2.24, 2.45) is 0 Å². The van der Waals surface area contributed by atoms with Gasteiger partial charge < -0.3 is 30.6 Å². The normalized spacial score (nSPS) is 17.7. The summed E-state index contributed by atoms with van der Waals surface area (Å²) in [5, 5.41) is 51.8. The summed E-state index contributed by atoms with van der Waals surface area (Å²) >= 11 is 0. The van der Waals surface area contributed by atoms with Gasteiger partial charge in [-0.15, -0.1) is 0 Å². The zero-order valence-electron chi connectivity index (χ0n) is 6.96. The maximum absolute atomic E-state index is 10.1. The topological polar surface area (TPSA) is 138 Å². The first-order chi connectivity index (χ1) is 5.91. The summed E-state index contributed by atoms with van der Waals surface area (Å²) in [6.07, 6.45) is -7.84. The van der Waals surface area contributed by atoms with Gasteiger partial charge in [-0.25, -0.2) is 4.79 Å². The molecule has 7 nitrogen and oxygen atoms in total. The number of aliphatic carboxylic acids is 1. The van der Waals surface area contributed by atoms with E-state index in [1.807, 2.05) is 0 Å². The van der Waals surface area contributed by atoms with Gasteiger partial charge in [-0.05, 0) is 0 Å². The van der Waals surface area contributed by atoms with E-state index in [9.17, 15) is 4.79 Å². The first-order valence-corrected chi connectivity index (χ1v) is 3.47. The second kappa shape index (κ2) is 10.1. The second-order valence-corrected chi connectivity index (χ2v) is 2.51. The molecule has 9 heteroatoms. The number of carboxylic acids is 1. The first-order valence-electron chi connectivity index (χ1n) is 3.47. The van der Waals surface area contributed by atoms with Crippen LogP contribution in [0.25, 0.3) is 0 Å². The minimum atomic E-state index is -2.20. The molecule has 0 unspecified atom stereocenters. The van der Waals surface area contributed by atoms with Crippen molar-refractivity contribution in [2.75, 3.05) is 6.61 Å². The van der Waals surface area contributed by atoms with Crippen LogP contribution >= 0.6 is 0 Å². The Labute approximate surface area is 121 Å². The summed E-state index contributed by atoms with van der Waals surface area (Å²) in [6, 6.07) is 0. The summed E-state index contributed by atoms with van der Waals surface area (Å²) in [7, 11) is 0. The molecule has 0 heterocycles. The van der Waals surface area contributed by atoms with Crippen LogP contribution in [0.15, 0.2) is 0 Å². The van der Waals surface area contributed by atoms with Gasteiger partial charge in [0.15, 0.2) is 6.10 Å². The van der Waals surface area contributed by atoms with Crippen LogP contribution in [0.2, 0.25) is 0 Å². The molecule has 4 atom stereocenters. The predicted octanol–water partition coefficient (Wildman–Crippen LogP) is -4.14. The number of aliphatic hydroxyl groups excluding tert-OH is 5. The standard InChI is InChI=1S/C6H12O7.Na.Ru.H/c7-1-2(8)3(9)4(10)5(11)6(12)13;;;/h2-5,7-11H,1H2,(H,12,13);;;/t2-,3-,4+,5-;;;/m1.../s1. The van der Waals surface area contributed by atoms with Crippen LogP contribution in [0.4, 0.5) is 0 Å². The molecule has 0 saturated heterocycles. The van der Waals surface area contributed by atoms with Crippen LogP contribution in [0.3, 0.4) is 0 Å². The van der Waals surface area contributed by atoms with Gasteiger partial charge in [0.2, 0.25) is 0 Å². The van der Waals surface area contributed by atoms with Crippen molar-refractivity contribution in [3.8, 4) is 0 Å². The molecule has 0 fully saturated rings. The summed E-state index contributed by atoms with van der Waals surface area (Å²) in [6.45, 7) is -0.843. The van der Waals surface area contributed by atoms with E-state index in [1.54, 1.807) is 0 Å². The molecule has 6 N–H and O–H groups in total. The molecule has 0 aliphatic heterocycles. The zero-order valence-corrected chi connectivity index (χ0v) is 8.70. The van der Waals surface area contributed by atoms with E-state index in [2.05, 4.69) is 0 Å². The van der Waals surface area contributed by atoms with Crippen LogP contribution in [-0.4, -0.2) is 97.2 Å². The Morgan fingerprint density at radius 2 is 1.47 bits per heavy atom. The summed E-state index contributed by atoms with van der Waals surface area (Å²) in [5.74, 6) is -1.73. The van der Waals surface area contributed by atoms with E-state index >= 15 is 0 Å². The fourth-order valence-corrected chi connectivity index (χ4v) is 0.668. The molecule has 0 aliphatic carbocycles. The molecule has 88 valence electrons. The van der Waals surface area contributed by atoms with Crippen LogP contribution in [-0.2, 0) is 24.3 Å². The van der Waals surface area contributed by atoms with Crippen LogP contribution < -0.4 is 0 Å². The third-order valence-electron chi connectivity index (χ3n) is 1.51.